The van der Waals surface area contributed by atoms with E-state index in [0.717, 1.165) is 6.54 Å². The molecule has 0 aliphatic carbocycles. The number of nitriles is 1. The number of carbonyl (C=O) groups is 2. The summed E-state index contributed by atoms with van der Waals surface area (Å²) in [7, 11) is 1.78. The number of likely N-dealkylation sites (N-methyl/N-ethyl adjacent to an activating group) is 1. The van der Waals surface area contributed by atoms with Crippen LogP contribution in [0.3, 0.4) is 0 Å². The molecule has 21 heavy (non-hydrogen) atoms. The molecule has 2 amide bonds. The highest BCUT2D eigenvalue weighted by molar-refractivity contribution is 5.92. The van der Waals surface area contributed by atoms with Gasteiger partial charge in [0.1, 0.15) is 6.07 Å². The van der Waals surface area contributed by atoms with Gasteiger partial charge in [-0.15, -0.1) is 0 Å². The van der Waals surface area contributed by atoms with Gasteiger partial charge in [0.2, 0.25) is 11.8 Å². The maximum atomic E-state index is 11.9. The van der Waals surface area contributed by atoms with Gasteiger partial charge in [0.05, 0.1) is 17.8 Å². The third-order valence-corrected chi connectivity index (χ3v) is 3.51. The van der Waals surface area contributed by atoms with Gasteiger partial charge in [-0.1, -0.05) is 12.1 Å². The molecule has 2 rings (SSSR count). The van der Waals surface area contributed by atoms with Crippen LogP contribution in [0, 0.1) is 11.3 Å². The van der Waals surface area contributed by atoms with Gasteiger partial charge in [-0.2, -0.15) is 5.26 Å². The Morgan fingerprint density at radius 1 is 1.38 bits per heavy atom. The van der Waals surface area contributed by atoms with Crippen molar-refractivity contribution in [3.05, 3.63) is 29.8 Å². The first-order chi connectivity index (χ1) is 10.1. The van der Waals surface area contributed by atoms with Crippen molar-refractivity contribution in [2.75, 3.05) is 38.5 Å². The van der Waals surface area contributed by atoms with Crippen molar-refractivity contribution in [2.24, 2.45) is 0 Å². The van der Waals surface area contributed by atoms with Crippen molar-refractivity contribution < 1.29 is 9.59 Å². The largest absolute Gasteiger partial charge is 0.343 e. The lowest BCUT2D eigenvalue weighted by molar-refractivity contribution is -0.134. The van der Waals surface area contributed by atoms with Crippen LogP contribution in [-0.2, 0) is 9.59 Å². The fraction of sp³-hybridized carbons (Fsp3) is 0.400. The standard InChI is InChI=1S/C15H18N4O2/c1-18-8-9-19(11-15(18)21)7-6-14(20)17-13-5-3-2-4-12(13)10-16/h2-5H,6-9,11H2,1H3,(H,17,20). The van der Waals surface area contributed by atoms with Crippen LogP contribution < -0.4 is 5.32 Å². The highest BCUT2D eigenvalue weighted by Crippen LogP contribution is 2.13. The number of rotatable bonds is 4. The highest BCUT2D eigenvalue weighted by atomic mass is 16.2. The van der Waals surface area contributed by atoms with Crippen LogP contribution in [0.1, 0.15) is 12.0 Å². The molecule has 1 aromatic rings. The summed E-state index contributed by atoms with van der Waals surface area (Å²) in [5.41, 5.74) is 0.972. The molecule has 0 spiro atoms. The SMILES string of the molecule is CN1CCN(CCC(=O)Nc2ccccc2C#N)CC1=O. The fourth-order valence-electron chi connectivity index (χ4n) is 2.16. The molecule has 0 atom stereocenters. The normalized spacial score (nSPS) is 15.6. The van der Waals surface area contributed by atoms with E-state index in [-0.39, 0.29) is 11.8 Å². The minimum atomic E-state index is -0.149. The number of anilines is 1. The smallest absolute Gasteiger partial charge is 0.236 e. The number of nitrogens with zero attached hydrogens (tertiary/aromatic N) is 3. The fourth-order valence-corrected chi connectivity index (χ4v) is 2.16. The van der Waals surface area contributed by atoms with E-state index < -0.39 is 0 Å². The lowest BCUT2D eigenvalue weighted by atomic mass is 10.2. The molecular weight excluding hydrogens is 268 g/mol. The molecule has 0 unspecified atom stereocenters. The average molecular weight is 286 g/mol. The third-order valence-electron chi connectivity index (χ3n) is 3.51. The van der Waals surface area contributed by atoms with E-state index in [4.69, 9.17) is 5.26 Å². The van der Waals surface area contributed by atoms with Crippen molar-refractivity contribution in [3.8, 4) is 6.07 Å². The third kappa shape index (κ3) is 4.04. The summed E-state index contributed by atoms with van der Waals surface area (Å²) in [6.45, 7) is 2.38. The Labute approximate surface area is 123 Å². The number of carbonyl (C=O) groups excluding carboxylic acids is 2. The molecule has 6 heteroatoms. The summed E-state index contributed by atoms with van der Waals surface area (Å²) in [4.78, 5) is 27.2. The molecule has 0 bridgehead atoms. The Morgan fingerprint density at radius 2 is 2.14 bits per heavy atom. The molecule has 1 fully saturated rings. The van der Waals surface area contributed by atoms with Crippen LogP contribution in [0.25, 0.3) is 0 Å². The summed E-state index contributed by atoms with van der Waals surface area (Å²) in [6.07, 6.45) is 0.302. The zero-order valence-electron chi connectivity index (χ0n) is 12.0. The van der Waals surface area contributed by atoms with E-state index in [1.54, 1.807) is 36.2 Å². The first-order valence-electron chi connectivity index (χ1n) is 6.85. The summed E-state index contributed by atoms with van der Waals surface area (Å²) in [5, 5.41) is 11.7. The van der Waals surface area contributed by atoms with E-state index in [1.165, 1.54) is 0 Å². The second-order valence-electron chi connectivity index (χ2n) is 5.05. The number of piperazine rings is 1. The van der Waals surface area contributed by atoms with Crippen molar-refractivity contribution >= 4 is 17.5 Å². The second-order valence-corrected chi connectivity index (χ2v) is 5.05. The van der Waals surface area contributed by atoms with Crippen LogP contribution in [-0.4, -0.2) is 54.8 Å². The zero-order valence-corrected chi connectivity index (χ0v) is 12.0. The first-order valence-corrected chi connectivity index (χ1v) is 6.85. The van der Waals surface area contributed by atoms with E-state index in [2.05, 4.69) is 5.32 Å². The molecule has 0 radical (unpaired) electrons. The monoisotopic (exact) mass is 286 g/mol. The van der Waals surface area contributed by atoms with Crippen LogP contribution in [0.15, 0.2) is 24.3 Å². The van der Waals surface area contributed by atoms with Gasteiger partial charge in [-0.25, -0.2) is 0 Å². The quantitative estimate of drug-likeness (QED) is 0.882. The maximum Gasteiger partial charge on any atom is 0.236 e. The van der Waals surface area contributed by atoms with Gasteiger partial charge >= 0.3 is 0 Å². The number of para-hydroxylation sites is 1. The Bertz CT molecular complexity index is 579. The number of benzene rings is 1. The molecular formula is C15H18N4O2. The summed E-state index contributed by atoms with van der Waals surface area (Å²) < 4.78 is 0. The molecule has 1 N–H and O–H groups in total. The van der Waals surface area contributed by atoms with Crippen molar-refractivity contribution in [1.82, 2.24) is 9.80 Å². The van der Waals surface area contributed by atoms with Crippen molar-refractivity contribution in [1.29, 1.82) is 5.26 Å². The van der Waals surface area contributed by atoms with E-state index in [9.17, 15) is 9.59 Å². The first kappa shape index (κ1) is 15.0. The number of hydrogen-bond acceptors (Lipinski definition) is 4. The summed E-state index contributed by atoms with van der Waals surface area (Å²) in [5.74, 6) is -0.0689. The Balaban J connectivity index is 1.83. The molecule has 1 aromatic carbocycles. The van der Waals surface area contributed by atoms with Crippen molar-refractivity contribution in [2.45, 2.75) is 6.42 Å². The highest BCUT2D eigenvalue weighted by Gasteiger charge is 2.21. The minimum absolute atomic E-state index is 0.0801. The predicted octanol–water partition coefficient (Wildman–Crippen LogP) is 0.661. The number of hydrogen-bond donors (Lipinski definition) is 1. The van der Waals surface area contributed by atoms with E-state index in [1.807, 2.05) is 11.0 Å². The van der Waals surface area contributed by atoms with Crippen LogP contribution in [0.2, 0.25) is 0 Å². The summed E-state index contributed by atoms with van der Waals surface area (Å²) >= 11 is 0. The van der Waals surface area contributed by atoms with Crippen molar-refractivity contribution in [3.63, 3.8) is 0 Å². The molecule has 0 saturated carbocycles. The second kappa shape index (κ2) is 6.86. The number of amides is 2. The molecule has 1 heterocycles. The van der Waals surface area contributed by atoms with Gasteiger partial charge in [0.15, 0.2) is 0 Å². The Hall–Kier alpha value is -2.39. The average Bonchev–Trinajstić information content (AvgIpc) is 2.49. The zero-order chi connectivity index (χ0) is 15.2. The molecule has 0 aromatic heterocycles. The van der Waals surface area contributed by atoms with Gasteiger partial charge in [-0.3, -0.25) is 14.5 Å². The molecule has 6 nitrogen and oxygen atoms in total. The van der Waals surface area contributed by atoms with Gasteiger partial charge in [0, 0.05) is 33.1 Å². The van der Waals surface area contributed by atoms with Crippen LogP contribution in [0.5, 0.6) is 0 Å². The summed E-state index contributed by atoms with van der Waals surface area (Å²) in [6, 6.07) is 8.93. The Kier molecular flexibility index (Phi) is 4.90. The minimum Gasteiger partial charge on any atom is -0.343 e. The molecule has 110 valence electrons. The maximum absolute atomic E-state index is 11.9. The topological polar surface area (TPSA) is 76.4 Å². The Morgan fingerprint density at radius 3 is 2.86 bits per heavy atom. The predicted molar refractivity (Wildman–Crippen MR) is 78.5 cm³/mol. The van der Waals surface area contributed by atoms with Gasteiger partial charge < -0.3 is 10.2 Å². The number of nitrogens with one attached hydrogen (secondary N) is 1. The molecule has 1 aliphatic heterocycles. The van der Waals surface area contributed by atoms with Crippen LogP contribution >= 0.6 is 0 Å². The van der Waals surface area contributed by atoms with E-state index >= 15 is 0 Å². The van der Waals surface area contributed by atoms with E-state index in [0.29, 0.717) is 37.3 Å². The lowest BCUT2D eigenvalue weighted by Gasteiger charge is -2.31. The molecule has 1 aliphatic rings. The molecule has 1 saturated heterocycles. The van der Waals surface area contributed by atoms with Crippen LogP contribution in [0.4, 0.5) is 5.69 Å². The lowest BCUT2D eigenvalue weighted by Crippen LogP contribution is -2.49. The van der Waals surface area contributed by atoms with Gasteiger partial charge in [-0.05, 0) is 12.1 Å². The van der Waals surface area contributed by atoms with Gasteiger partial charge in [0.25, 0.3) is 0 Å².